The van der Waals surface area contributed by atoms with Gasteiger partial charge in [0.15, 0.2) is 0 Å². The number of rotatable bonds is 2. The molecule has 0 aliphatic rings. The van der Waals surface area contributed by atoms with Crippen molar-refractivity contribution in [3.05, 3.63) is 28.2 Å². The monoisotopic (exact) mass is 292 g/mol. The molecule has 0 heterocycles. The minimum atomic E-state index is -0.722. The first-order valence-corrected chi connectivity index (χ1v) is 5.30. The van der Waals surface area contributed by atoms with E-state index in [9.17, 15) is 8.78 Å². The second-order valence-corrected chi connectivity index (χ2v) is 3.69. The van der Waals surface area contributed by atoms with Gasteiger partial charge in [-0.05, 0) is 28.9 Å². The van der Waals surface area contributed by atoms with Crippen LogP contribution in [-0.2, 0) is 0 Å². The maximum absolute atomic E-state index is 13.3. The number of hydrogen-bond acceptors (Lipinski definition) is 2. The number of hydrazine groups is 1. The topological polar surface area (TPSA) is 62.4 Å². The number of anilines is 1. The fraction of sp³-hybridized carbons (Fsp3) is 0.222. The molecule has 0 atom stereocenters. The average molecular weight is 293 g/mol. The molecular weight excluding hydrogens is 282 g/mol. The van der Waals surface area contributed by atoms with Gasteiger partial charge in [0.2, 0.25) is 5.96 Å². The first-order chi connectivity index (χ1) is 7.58. The van der Waals surface area contributed by atoms with Crippen molar-refractivity contribution >= 4 is 27.6 Å². The highest BCUT2D eigenvalue weighted by atomic mass is 79.9. The molecule has 4 N–H and O–H groups in total. The molecule has 1 aromatic rings. The van der Waals surface area contributed by atoms with E-state index in [0.717, 1.165) is 6.07 Å². The fourth-order valence-electron chi connectivity index (χ4n) is 1.03. The fourth-order valence-corrected chi connectivity index (χ4v) is 1.37. The van der Waals surface area contributed by atoms with E-state index >= 15 is 0 Å². The molecule has 1 aromatic carbocycles. The summed E-state index contributed by atoms with van der Waals surface area (Å²) in [6.07, 6.45) is 0. The summed E-state index contributed by atoms with van der Waals surface area (Å²) in [5.41, 5.74) is 2.36. The summed E-state index contributed by atoms with van der Waals surface area (Å²) < 4.78 is 26.4. The molecule has 4 nitrogen and oxygen atoms in total. The Labute approximate surface area is 100 Å². The molecule has 16 heavy (non-hydrogen) atoms. The zero-order chi connectivity index (χ0) is 12.1. The lowest BCUT2D eigenvalue weighted by Crippen LogP contribution is -2.36. The molecule has 0 saturated heterocycles. The van der Waals surface area contributed by atoms with Gasteiger partial charge in [0.25, 0.3) is 0 Å². The van der Waals surface area contributed by atoms with Crippen molar-refractivity contribution in [3.63, 3.8) is 0 Å². The molecule has 0 unspecified atom stereocenters. The molecule has 0 fully saturated rings. The van der Waals surface area contributed by atoms with Crippen LogP contribution < -0.4 is 16.6 Å². The highest BCUT2D eigenvalue weighted by molar-refractivity contribution is 9.10. The maximum Gasteiger partial charge on any atom is 0.210 e. The third-order valence-electron chi connectivity index (χ3n) is 1.72. The second kappa shape index (κ2) is 5.76. The molecule has 0 aliphatic heterocycles. The van der Waals surface area contributed by atoms with Gasteiger partial charge in [0, 0.05) is 12.6 Å². The lowest BCUT2D eigenvalue weighted by Gasteiger charge is -2.10. The van der Waals surface area contributed by atoms with Crippen LogP contribution in [0.15, 0.2) is 21.6 Å². The van der Waals surface area contributed by atoms with Crippen molar-refractivity contribution in [2.24, 2.45) is 10.8 Å². The Bertz CT molecular complexity index is 409. The number of nitrogens with one attached hydrogen (secondary N) is 2. The van der Waals surface area contributed by atoms with Crippen LogP contribution in [0.4, 0.5) is 14.5 Å². The van der Waals surface area contributed by atoms with E-state index in [-0.39, 0.29) is 16.1 Å². The van der Waals surface area contributed by atoms with Crippen LogP contribution >= 0.6 is 15.9 Å². The Balaban J connectivity index is 2.97. The maximum atomic E-state index is 13.3. The number of aliphatic imine (C=N–C) groups is 1. The van der Waals surface area contributed by atoms with Gasteiger partial charge in [0.05, 0.1) is 10.2 Å². The van der Waals surface area contributed by atoms with E-state index in [1.807, 2.05) is 0 Å². The Kier molecular flexibility index (Phi) is 4.63. The van der Waals surface area contributed by atoms with E-state index in [1.54, 1.807) is 6.92 Å². The SMILES string of the molecule is CCN=C(NN)Nc1cc(Br)c(F)cc1F. The van der Waals surface area contributed by atoms with Crippen LogP contribution in [0.1, 0.15) is 6.92 Å². The van der Waals surface area contributed by atoms with E-state index in [0.29, 0.717) is 6.54 Å². The van der Waals surface area contributed by atoms with Crippen LogP contribution in [0.2, 0.25) is 0 Å². The van der Waals surface area contributed by atoms with E-state index < -0.39 is 11.6 Å². The van der Waals surface area contributed by atoms with Crippen LogP contribution in [0.25, 0.3) is 0 Å². The number of benzene rings is 1. The van der Waals surface area contributed by atoms with E-state index in [2.05, 4.69) is 31.7 Å². The van der Waals surface area contributed by atoms with Crippen molar-refractivity contribution < 1.29 is 8.78 Å². The minimum absolute atomic E-state index is 0.0819. The van der Waals surface area contributed by atoms with E-state index in [1.165, 1.54) is 6.07 Å². The van der Waals surface area contributed by atoms with Gasteiger partial charge in [-0.1, -0.05) is 0 Å². The highest BCUT2D eigenvalue weighted by Crippen LogP contribution is 2.23. The number of guanidine groups is 1. The zero-order valence-corrected chi connectivity index (χ0v) is 10.1. The van der Waals surface area contributed by atoms with Gasteiger partial charge in [-0.2, -0.15) is 0 Å². The van der Waals surface area contributed by atoms with Gasteiger partial charge < -0.3 is 5.32 Å². The molecule has 0 aliphatic carbocycles. The number of nitrogens with two attached hydrogens (primary N) is 1. The van der Waals surface area contributed by atoms with Crippen LogP contribution in [0, 0.1) is 11.6 Å². The quantitative estimate of drug-likeness (QED) is 0.257. The van der Waals surface area contributed by atoms with Crippen molar-refractivity contribution in [2.45, 2.75) is 6.92 Å². The summed E-state index contributed by atoms with van der Waals surface area (Å²) in [6, 6.07) is 2.04. The van der Waals surface area contributed by atoms with Gasteiger partial charge in [-0.15, -0.1) is 0 Å². The Morgan fingerprint density at radius 2 is 2.12 bits per heavy atom. The molecular formula is C9H11BrF2N4. The van der Waals surface area contributed by atoms with Gasteiger partial charge in [0.1, 0.15) is 11.6 Å². The first-order valence-electron chi connectivity index (χ1n) is 4.51. The normalized spacial score (nSPS) is 11.4. The molecule has 0 radical (unpaired) electrons. The Morgan fingerprint density at radius 3 is 2.69 bits per heavy atom. The third-order valence-corrected chi connectivity index (χ3v) is 2.32. The molecule has 7 heteroatoms. The number of nitrogens with zero attached hydrogens (tertiary/aromatic N) is 1. The summed E-state index contributed by atoms with van der Waals surface area (Å²) in [4.78, 5) is 3.92. The third kappa shape index (κ3) is 3.14. The lowest BCUT2D eigenvalue weighted by molar-refractivity contribution is 0.581. The smallest absolute Gasteiger partial charge is 0.210 e. The van der Waals surface area contributed by atoms with Crippen molar-refractivity contribution in [1.82, 2.24) is 5.43 Å². The predicted octanol–water partition coefficient (Wildman–Crippen LogP) is 1.98. The Morgan fingerprint density at radius 1 is 1.44 bits per heavy atom. The van der Waals surface area contributed by atoms with Gasteiger partial charge >= 0.3 is 0 Å². The standard InChI is InChI=1S/C9H11BrF2N4/c1-2-14-9(16-13)15-8-3-5(10)6(11)4-7(8)12/h3-4H,2,13H2,1H3,(H2,14,15,16). The van der Waals surface area contributed by atoms with Gasteiger partial charge in [-0.25, -0.2) is 14.6 Å². The number of hydrogen-bond donors (Lipinski definition) is 3. The largest absolute Gasteiger partial charge is 0.323 e. The van der Waals surface area contributed by atoms with Crippen LogP contribution in [-0.4, -0.2) is 12.5 Å². The number of halogens is 3. The van der Waals surface area contributed by atoms with E-state index in [4.69, 9.17) is 5.84 Å². The molecule has 0 bridgehead atoms. The average Bonchev–Trinajstić information content (AvgIpc) is 2.25. The first kappa shape index (κ1) is 12.9. The van der Waals surface area contributed by atoms with Crippen LogP contribution in [0.5, 0.6) is 0 Å². The summed E-state index contributed by atoms with van der Waals surface area (Å²) in [5, 5.41) is 2.61. The minimum Gasteiger partial charge on any atom is -0.323 e. The lowest BCUT2D eigenvalue weighted by atomic mass is 10.3. The van der Waals surface area contributed by atoms with Crippen LogP contribution in [0.3, 0.4) is 0 Å². The van der Waals surface area contributed by atoms with Crippen molar-refractivity contribution in [3.8, 4) is 0 Å². The molecule has 0 spiro atoms. The summed E-state index contributed by atoms with van der Waals surface area (Å²) in [7, 11) is 0. The molecule has 1 rings (SSSR count). The van der Waals surface area contributed by atoms with Gasteiger partial charge in [-0.3, -0.25) is 10.4 Å². The summed E-state index contributed by atoms with van der Waals surface area (Å²) in [6.45, 7) is 2.28. The second-order valence-electron chi connectivity index (χ2n) is 2.84. The molecule has 0 amide bonds. The highest BCUT2D eigenvalue weighted by Gasteiger charge is 2.09. The summed E-state index contributed by atoms with van der Waals surface area (Å²) in [5.74, 6) is 3.99. The Hall–Kier alpha value is -1.21. The summed E-state index contributed by atoms with van der Waals surface area (Å²) >= 11 is 2.96. The van der Waals surface area contributed by atoms with Crippen molar-refractivity contribution in [2.75, 3.05) is 11.9 Å². The zero-order valence-electron chi connectivity index (χ0n) is 8.52. The molecule has 0 aromatic heterocycles. The molecule has 88 valence electrons. The molecule has 0 saturated carbocycles. The van der Waals surface area contributed by atoms with Crippen molar-refractivity contribution in [1.29, 1.82) is 0 Å². The predicted molar refractivity (Wildman–Crippen MR) is 63.0 cm³/mol.